The maximum Gasteiger partial charge on any atom is 0.358 e. The molecule has 0 atom stereocenters. The van der Waals surface area contributed by atoms with Crippen molar-refractivity contribution in [1.82, 2.24) is 9.97 Å². The Kier molecular flexibility index (Phi) is 5.42. The third-order valence-corrected chi connectivity index (χ3v) is 4.94. The number of ether oxygens (including phenoxy) is 1. The lowest BCUT2D eigenvalue weighted by molar-refractivity contribution is -0.114. The molecule has 6 nitrogen and oxygen atoms in total. The van der Waals surface area contributed by atoms with Crippen LogP contribution in [0.5, 0.6) is 0 Å². The standard InChI is InChI=1S/C16H12ClN3O3S2/c1-9(21)18-16-19-12(7-25-16)6-23-15(22)13-8-24-14(20-13)10-2-4-11(17)5-3-10/h2-5,7-8H,6H2,1H3,(H,18,19,21). The van der Waals surface area contributed by atoms with Gasteiger partial charge in [0.15, 0.2) is 10.8 Å². The molecule has 25 heavy (non-hydrogen) atoms. The minimum atomic E-state index is -0.523. The number of benzene rings is 1. The fraction of sp³-hybridized carbons (Fsp3) is 0.125. The van der Waals surface area contributed by atoms with Gasteiger partial charge in [-0.2, -0.15) is 0 Å². The Hall–Kier alpha value is -2.29. The van der Waals surface area contributed by atoms with Crippen molar-refractivity contribution in [2.45, 2.75) is 13.5 Å². The van der Waals surface area contributed by atoms with E-state index in [1.54, 1.807) is 22.9 Å². The molecule has 0 saturated carbocycles. The van der Waals surface area contributed by atoms with E-state index in [9.17, 15) is 9.59 Å². The summed E-state index contributed by atoms with van der Waals surface area (Å²) >= 11 is 8.49. The molecule has 2 heterocycles. The molecule has 0 aliphatic rings. The first-order valence-corrected chi connectivity index (χ1v) is 9.25. The summed E-state index contributed by atoms with van der Waals surface area (Å²) in [4.78, 5) is 31.5. The topological polar surface area (TPSA) is 81.2 Å². The Bertz CT molecular complexity index is 906. The van der Waals surface area contributed by atoms with E-state index in [4.69, 9.17) is 16.3 Å². The molecule has 9 heteroatoms. The third-order valence-electron chi connectivity index (χ3n) is 2.99. The van der Waals surface area contributed by atoms with Crippen LogP contribution >= 0.6 is 34.3 Å². The number of esters is 1. The molecule has 0 bridgehead atoms. The molecule has 0 fully saturated rings. The SMILES string of the molecule is CC(=O)Nc1nc(COC(=O)c2csc(-c3ccc(Cl)cc3)n2)cs1. The van der Waals surface area contributed by atoms with E-state index in [-0.39, 0.29) is 18.2 Å². The van der Waals surface area contributed by atoms with Gasteiger partial charge in [0.25, 0.3) is 0 Å². The van der Waals surface area contributed by atoms with Gasteiger partial charge in [0.1, 0.15) is 11.6 Å². The summed E-state index contributed by atoms with van der Waals surface area (Å²) in [5.74, 6) is -0.722. The molecule has 0 saturated heterocycles. The van der Waals surface area contributed by atoms with Gasteiger partial charge in [-0.3, -0.25) is 4.79 Å². The zero-order valence-electron chi connectivity index (χ0n) is 13.0. The highest BCUT2D eigenvalue weighted by molar-refractivity contribution is 7.14. The number of hydrogen-bond acceptors (Lipinski definition) is 7. The van der Waals surface area contributed by atoms with E-state index in [1.807, 2.05) is 12.1 Å². The van der Waals surface area contributed by atoms with Crippen molar-refractivity contribution in [2.24, 2.45) is 0 Å². The molecule has 1 N–H and O–H groups in total. The van der Waals surface area contributed by atoms with Gasteiger partial charge in [0.05, 0.1) is 5.69 Å². The number of anilines is 1. The Morgan fingerprint density at radius 2 is 1.92 bits per heavy atom. The van der Waals surface area contributed by atoms with Crippen LogP contribution in [-0.4, -0.2) is 21.8 Å². The van der Waals surface area contributed by atoms with E-state index in [1.165, 1.54) is 29.6 Å². The second-order valence-electron chi connectivity index (χ2n) is 4.95. The minimum Gasteiger partial charge on any atom is -0.454 e. The van der Waals surface area contributed by atoms with Gasteiger partial charge in [0, 0.05) is 28.3 Å². The van der Waals surface area contributed by atoms with Crippen LogP contribution in [0.15, 0.2) is 35.0 Å². The van der Waals surface area contributed by atoms with Crippen LogP contribution in [0.2, 0.25) is 5.02 Å². The Morgan fingerprint density at radius 3 is 2.64 bits per heavy atom. The van der Waals surface area contributed by atoms with Crippen LogP contribution in [0, 0.1) is 0 Å². The quantitative estimate of drug-likeness (QED) is 0.656. The number of thiazole rings is 2. The van der Waals surface area contributed by atoms with Crippen LogP contribution in [0.1, 0.15) is 23.1 Å². The smallest absolute Gasteiger partial charge is 0.358 e. The summed E-state index contributed by atoms with van der Waals surface area (Å²) in [7, 11) is 0. The van der Waals surface area contributed by atoms with Gasteiger partial charge in [-0.15, -0.1) is 22.7 Å². The zero-order valence-corrected chi connectivity index (χ0v) is 15.4. The zero-order chi connectivity index (χ0) is 17.8. The fourth-order valence-corrected chi connectivity index (χ4v) is 3.55. The number of hydrogen-bond donors (Lipinski definition) is 1. The molecular formula is C16H12ClN3O3S2. The number of nitrogens with zero attached hydrogens (tertiary/aromatic N) is 2. The summed E-state index contributed by atoms with van der Waals surface area (Å²) in [5.41, 5.74) is 1.69. The molecule has 0 unspecified atom stereocenters. The molecule has 2 aromatic heterocycles. The number of aromatic nitrogens is 2. The van der Waals surface area contributed by atoms with Gasteiger partial charge >= 0.3 is 5.97 Å². The lowest BCUT2D eigenvalue weighted by Crippen LogP contribution is -2.07. The molecule has 1 aromatic carbocycles. The molecule has 3 aromatic rings. The lowest BCUT2D eigenvalue weighted by Gasteiger charge is -2.00. The van der Waals surface area contributed by atoms with Crippen LogP contribution in [0.25, 0.3) is 10.6 Å². The number of amides is 1. The molecule has 3 rings (SSSR count). The van der Waals surface area contributed by atoms with Gasteiger partial charge in [-0.1, -0.05) is 23.7 Å². The van der Waals surface area contributed by atoms with E-state index in [2.05, 4.69) is 15.3 Å². The normalized spacial score (nSPS) is 10.5. The molecule has 0 radical (unpaired) electrons. The van der Waals surface area contributed by atoms with Crippen LogP contribution in [0.3, 0.4) is 0 Å². The summed E-state index contributed by atoms with van der Waals surface area (Å²) in [5, 5.41) is 7.77. The summed E-state index contributed by atoms with van der Waals surface area (Å²) in [6.45, 7) is 1.42. The number of rotatable bonds is 5. The molecule has 128 valence electrons. The first kappa shape index (κ1) is 17.5. The maximum absolute atomic E-state index is 12.1. The van der Waals surface area contributed by atoms with E-state index >= 15 is 0 Å². The van der Waals surface area contributed by atoms with Crippen molar-refractivity contribution in [3.05, 3.63) is 51.4 Å². The predicted molar refractivity (Wildman–Crippen MR) is 98.1 cm³/mol. The molecule has 0 aliphatic carbocycles. The molecule has 1 amide bonds. The van der Waals surface area contributed by atoms with Crippen molar-refractivity contribution >= 4 is 51.3 Å². The monoisotopic (exact) mass is 393 g/mol. The highest BCUT2D eigenvalue weighted by Gasteiger charge is 2.14. The average Bonchev–Trinajstić information content (AvgIpc) is 3.22. The largest absolute Gasteiger partial charge is 0.454 e. The van der Waals surface area contributed by atoms with E-state index < -0.39 is 5.97 Å². The number of nitrogens with one attached hydrogen (secondary N) is 1. The lowest BCUT2D eigenvalue weighted by atomic mass is 10.2. The van der Waals surface area contributed by atoms with Crippen LogP contribution < -0.4 is 5.32 Å². The first-order valence-electron chi connectivity index (χ1n) is 7.12. The van der Waals surface area contributed by atoms with Crippen LogP contribution in [-0.2, 0) is 16.1 Å². The van der Waals surface area contributed by atoms with Gasteiger partial charge in [0.2, 0.25) is 5.91 Å². The van der Waals surface area contributed by atoms with Gasteiger partial charge < -0.3 is 10.1 Å². The molecular weight excluding hydrogens is 382 g/mol. The van der Waals surface area contributed by atoms with Crippen LogP contribution in [0.4, 0.5) is 5.13 Å². The maximum atomic E-state index is 12.1. The summed E-state index contributed by atoms with van der Waals surface area (Å²) in [6.07, 6.45) is 0. The van der Waals surface area contributed by atoms with E-state index in [0.717, 1.165) is 5.56 Å². The highest BCUT2D eigenvalue weighted by atomic mass is 35.5. The number of carbonyl (C=O) groups excluding carboxylic acids is 2. The fourth-order valence-electron chi connectivity index (χ4n) is 1.89. The van der Waals surface area contributed by atoms with Crippen molar-refractivity contribution < 1.29 is 14.3 Å². The number of halogens is 1. The highest BCUT2D eigenvalue weighted by Crippen LogP contribution is 2.25. The molecule has 0 spiro atoms. The van der Waals surface area contributed by atoms with E-state index in [0.29, 0.717) is 20.9 Å². The number of carbonyl (C=O) groups is 2. The first-order chi connectivity index (χ1) is 12.0. The summed E-state index contributed by atoms with van der Waals surface area (Å²) < 4.78 is 5.22. The molecule has 0 aliphatic heterocycles. The van der Waals surface area contributed by atoms with Crippen molar-refractivity contribution in [2.75, 3.05) is 5.32 Å². The third kappa shape index (κ3) is 4.62. The Balaban J connectivity index is 1.61. The Morgan fingerprint density at radius 1 is 1.16 bits per heavy atom. The van der Waals surface area contributed by atoms with Crippen molar-refractivity contribution in [1.29, 1.82) is 0 Å². The minimum absolute atomic E-state index is 0.0166. The van der Waals surface area contributed by atoms with Crippen molar-refractivity contribution in [3.63, 3.8) is 0 Å². The second kappa shape index (κ2) is 7.73. The van der Waals surface area contributed by atoms with Gasteiger partial charge in [-0.05, 0) is 12.1 Å². The Labute approximate surface area is 156 Å². The van der Waals surface area contributed by atoms with Gasteiger partial charge in [-0.25, -0.2) is 14.8 Å². The van der Waals surface area contributed by atoms with Crippen molar-refractivity contribution in [3.8, 4) is 10.6 Å². The average molecular weight is 394 g/mol. The summed E-state index contributed by atoms with van der Waals surface area (Å²) in [6, 6.07) is 7.22. The second-order valence-corrected chi connectivity index (χ2v) is 7.10. The predicted octanol–water partition coefficient (Wildman–Crippen LogP) is 4.24.